The van der Waals surface area contributed by atoms with Crippen molar-refractivity contribution in [1.29, 1.82) is 0 Å². The van der Waals surface area contributed by atoms with Gasteiger partial charge in [0.05, 0.1) is 5.76 Å². The number of aliphatic hydroxyl groups excluding tert-OH is 1. The average molecular weight is 224 g/mol. The summed E-state index contributed by atoms with van der Waals surface area (Å²) >= 11 is 0. The van der Waals surface area contributed by atoms with Crippen LogP contribution in [-0.2, 0) is 4.79 Å². The van der Waals surface area contributed by atoms with E-state index in [2.05, 4.69) is 6.58 Å². The van der Waals surface area contributed by atoms with E-state index in [0.29, 0.717) is 18.6 Å². The van der Waals surface area contributed by atoms with Crippen LogP contribution in [0, 0.1) is 10.8 Å². The van der Waals surface area contributed by atoms with Gasteiger partial charge in [0.1, 0.15) is 5.78 Å². The molecule has 0 unspecified atom stereocenters. The fraction of sp³-hybridized carbons (Fsp3) is 0.786. The van der Waals surface area contributed by atoms with Crippen molar-refractivity contribution in [2.75, 3.05) is 0 Å². The molecule has 1 aliphatic rings. The van der Waals surface area contributed by atoms with Gasteiger partial charge in [0.15, 0.2) is 0 Å². The van der Waals surface area contributed by atoms with Gasteiger partial charge in [-0.05, 0) is 18.3 Å². The quantitative estimate of drug-likeness (QED) is 0.732. The Hall–Kier alpha value is -0.790. The van der Waals surface area contributed by atoms with Gasteiger partial charge in [0, 0.05) is 18.3 Å². The summed E-state index contributed by atoms with van der Waals surface area (Å²) in [6.07, 6.45) is 5.63. The smallest absolute Gasteiger partial charge is 0.138 e. The molecular formula is C14H24O2. The van der Waals surface area contributed by atoms with Crippen LogP contribution in [0.1, 0.15) is 59.3 Å². The molecule has 0 radical (unpaired) electrons. The second kappa shape index (κ2) is 4.60. The highest BCUT2D eigenvalue weighted by Crippen LogP contribution is 2.46. The lowest BCUT2D eigenvalue weighted by molar-refractivity contribution is -0.128. The first kappa shape index (κ1) is 13.3. The van der Waals surface area contributed by atoms with Gasteiger partial charge in [-0.15, -0.1) is 0 Å². The lowest BCUT2D eigenvalue weighted by Gasteiger charge is -2.30. The summed E-state index contributed by atoms with van der Waals surface area (Å²) < 4.78 is 0. The second-order valence-corrected chi connectivity index (χ2v) is 6.30. The maximum atomic E-state index is 12.1. The Morgan fingerprint density at radius 2 is 1.75 bits per heavy atom. The van der Waals surface area contributed by atoms with E-state index in [1.54, 1.807) is 0 Å². The van der Waals surface area contributed by atoms with E-state index in [-0.39, 0.29) is 16.6 Å². The highest BCUT2D eigenvalue weighted by atomic mass is 16.3. The van der Waals surface area contributed by atoms with Crippen molar-refractivity contribution in [1.82, 2.24) is 0 Å². The van der Waals surface area contributed by atoms with Crippen molar-refractivity contribution in [2.45, 2.75) is 59.3 Å². The number of carbonyl (C=O) groups is 1. The zero-order valence-corrected chi connectivity index (χ0v) is 10.8. The van der Waals surface area contributed by atoms with E-state index in [4.69, 9.17) is 0 Å². The fourth-order valence-electron chi connectivity index (χ4n) is 2.58. The molecule has 0 spiro atoms. The molecule has 0 heterocycles. The highest BCUT2D eigenvalue weighted by molar-refractivity contribution is 5.84. The molecule has 1 rings (SSSR count). The third kappa shape index (κ3) is 3.36. The van der Waals surface area contributed by atoms with Gasteiger partial charge in [-0.3, -0.25) is 4.79 Å². The first-order valence-corrected chi connectivity index (χ1v) is 6.15. The molecule has 92 valence electrons. The number of ketones is 1. The van der Waals surface area contributed by atoms with Gasteiger partial charge in [0.25, 0.3) is 0 Å². The Kier molecular flexibility index (Phi) is 3.82. The molecule has 0 amide bonds. The molecule has 1 fully saturated rings. The minimum Gasteiger partial charge on any atom is -0.513 e. The molecule has 1 aliphatic carbocycles. The van der Waals surface area contributed by atoms with Crippen molar-refractivity contribution in [3.63, 3.8) is 0 Å². The summed E-state index contributed by atoms with van der Waals surface area (Å²) in [5.74, 6) is 0.527. The number of allylic oxidation sites excluding steroid dienone is 1. The minimum absolute atomic E-state index is 0.00377. The van der Waals surface area contributed by atoms with Crippen LogP contribution < -0.4 is 0 Å². The lowest BCUT2D eigenvalue weighted by Crippen LogP contribution is -2.29. The monoisotopic (exact) mass is 224 g/mol. The third-order valence-corrected chi connectivity index (χ3v) is 3.62. The molecule has 1 saturated carbocycles. The number of hydrogen-bond donors (Lipinski definition) is 1. The zero-order chi connectivity index (χ0) is 12.4. The number of hydrogen-bond acceptors (Lipinski definition) is 2. The van der Waals surface area contributed by atoms with Gasteiger partial charge >= 0.3 is 0 Å². The van der Waals surface area contributed by atoms with E-state index >= 15 is 0 Å². The van der Waals surface area contributed by atoms with Gasteiger partial charge in [0.2, 0.25) is 0 Å². The fourth-order valence-corrected chi connectivity index (χ4v) is 2.58. The summed E-state index contributed by atoms with van der Waals surface area (Å²) in [6.45, 7) is 9.47. The largest absolute Gasteiger partial charge is 0.513 e. The number of aliphatic hydroxyl groups is 1. The Balaban J connectivity index is 2.72. The Bertz CT molecular complexity index is 278. The number of Topliss-reactive ketones (excluding diaryl/α,β-unsaturated/α-hetero) is 1. The standard InChI is InChI=1S/C14H24O2/c1-11(15)9-14(7-5-6-8-14)10-12(16)13(2,3)4/h15H,1,5-10H2,2-4H3. The van der Waals surface area contributed by atoms with Crippen LogP contribution in [0.25, 0.3) is 0 Å². The van der Waals surface area contributed by atoms with Crippen LogP contribution in [0.2, 0.25) is 0 Å². The number of rotatable bonds is 4. The van der Waals surface area contributed by atoms with Crippen molar-refractivity contribution in [2.24, 2.45) is 10.8 Å². The molecular weight excluding hydrogens is 200 g/mol. The summed E-state index contributed by atoms with van der Waals surface area (Å²) in [5, 5.41) is 9.39. The summed E-state index contributed by atoms with van der Waals surface area (Å²) in [6, 6.07) is 0. The molecule has 2 heteroatoms. The van der Waals surface area contributed by atoms with E-state index in [0.717, 1.165) is 12.8 Å². The number of carbonyl (C=O) groups excluding carboxylic acids is 1. The van der Waals surface area contributed by atoms with Crippen LogP contribution in [0.5, 0.6) is 0 Å². The Morgan fingerprint density at radius 3 is 2.12 bits per heavy atom. The molecule has 0 aromatic carbocycles. The predicted molar refractivity (Wildman–Crippen MR) is 66.4 cm³/mol. The molecule has 0 aromatic rings. The highest BCUT2D eigenvalue weighted by Gasteiger charge is 2.38. The summed E-state index contributed by atoms with van der Waals surface area (Å²) in [5.41, 5.74) is -0.275. The molecule has 0 atom stereocenters. The minimum atomic E-state index is -0.271. The molecule has 0 aromatic heterocycles. The van der Waals surface area contributed by atoms with Crippen LogP contribution >= 0.6 is 0 Å². The van der Waals surface area contributed by atoms with Gasteiger partial charge in [-0.25, -0.2) is 0 Å². The maximum absolute atomic E-state index is 12.1. The van der Waals surface area contributed by atoms with Crippen LogP contribution in [0.3, 0.4) is 0 Å². The van der Waals surface area contributed by atoms with Crippen LogP contribution in [-0.4, -0.2) is 10.9 Å². The predicted octanol–water partition coefficient (Wildman–Crippen LogP) is 4.01. The van der Waals surface area contributed by atoms with Gasteiger partial charge < -0.3 is 5.11 Å². The second-order valence-electron chi connectivity index (χ2n) is 6.30. The first-order chi connectivity index (χ1) is 7.25. The van der Waals surface area contributed by atoms with Crippen molar-refractivity contribution >= 4 is 5.78 Å². The van der Waals surface area contributed by atoms with Gasteiger partial charge in [-0.1, -0.05) is 40.2 Å². The van der Waals surface area contributed by atoms with Crippen LogP contribution in [0.15, 0.2) is 12.3 Å². The average Bonchev–Trinajstić information content (AvgIpc) is 2.49. The molecule has 0 saturated heterocycles. The van der Waals surface area contributed by atoms with E-state index in [1.807, 2.05) is 20.8 Å². The molecule has 0 bridgehead atoms. The maximum Gasteiger partial charge on any atom is 0.138 e. The zero-order valence-electron chi connectivity index (χ0n) is 10.8. The molecule has 1 N–H and O–H groups in total. The molecule has 16 heavy (non-hydrogen) atoms. The van der Waals surface area contributed by atoms with Crippen molar-refractivity contribution < 1.29 is 9.90 Å². The topological polar surface area (TPSA) is 37.3 Å². The normalized spacial score (nSPS) is 19.7. The van der Waals surface area contributed by atoms with E-state index in [9.17, 15) is 9.90 Å². The first-order valence-electron chi connectivity index (χ1n) is 6.15. The van der Waals surface area contributed by atoms with E-state index in [1.165, 1.54) is 12.8 Å². The summed E-state index contributed by atoms with van der Waals surface area (Å²) in [7, 11) is 0. The van der Waals surface area contributed by atoms with E-state index < -0.39 is 0 Å². The summed E-state index contributed by atoms with van der Waals surface area (Å²) in [4.78, 5) is 12.1. The lowest BCUT2D eigenvalue weighted by atomic mass is 9.73. The molecule has 2 nitrogen and oxygen atoms in total. The third-order valence-electron chi connectivity index (χ3n) is 3.62. The molecule has 0 aliphatic heterocycles. The van der Waals surface area contributed by atoms with Crippen molar-refractivity contribution in [3.8, 4) is 0 Å². The Morgan fingerprint density at radius 1 is 1.25 bits per heavy atom. The Labute approximate surface area is 98.7 Å². The van der Waals surface area contributed by atoms with Crippen LogP contribution in [0.4, 0.5) is 0 Å². The van der Waals surface area contributed by atoms with Gasteiger partial charge in [-0.2, -0.15) is 0 Å². The SMILES string of the molecule is C=C(O)CC1(CC(=O)C(C)(C)C)CCCC1. The van der Waals surface area contributed by atoms with Crippen molar-refractivity contribution in [3.05, 3.63) is 12.3 Å².